The molecule has 7 heteroatoms. The van der Waals surface area contributed by atoms with Gasteiger partial charge in [0.1, 0.15) is 0 Å². The van der Waals surface area contributed by atoms with Crippen molar-refractivity contribution < 1.29 is 13.2 Å². The van der Waals surface area contributed by atoms with Crippen molar-refractivity contribution >= 4 is 21.6 Å². The molecule has 0 saturated carbocycles. The van der Waals surface area contributed by atoms with E-state index in [0.29, 0.717) is 18.6 Å². The highest BCUT2D eigenvalue weighted by molar-refractivity contribution is 7.89. The topological polar surface area (TPSA) is 69.7 Å². The summed E-state index contributed by atoms with van der Waals surface area (Å²) < 4.78 is 27.8. The highest BCUT2D eigenvalue weighted by atomic mass is 32.2. The Labute approximate surface area is 149 Å². The van der Waals surface area contributed by atoms with Crippen LogP contribution in [0.15, 0.2) is 23.1 Å². The molecule has 0 aromatic heterocycles. The number of amides is 1. The number of nitrogens with one attached hydrogen (secondary N) is 1. The minimum atomic E-state index is -3.56. The number of anilines is 1. The first-order valence-electron chi connectivity index (χ1n) is 9.01. The summed E-state index contributed by atoms with van der Waals surface area (Å²) in [5.41, 5.74) is 1.78. The summed E-state index contributed by atoms with van der Waals surface area (Å²) in [6, 6.07) is 6.13. The van der Waals surface area contributed by atoms with E-state index in [1.807, 2.05) is 6.07 Å². The van der Waals surface area contributed by atoms with E-state index >= 15 is 0 Å². The number of carbonyl (C=O) groups excluding carboxylic acids is 1. The summed E-state index contributed by atoms with van der Waals surface area (Å²) >= 11 is 0. The van der Waals surface area contributed by atoms with Gasteiger partial charge >= 0.3 is 0 Å². The molecule has 0 spiro atoms. The largest absolute Gasteiger partial charge is 0.312 e. The Morgan fingerprint density at radius 3 is 2.56 bits per heavy atom. The number of piperidine rings is 1. The van der Waals surface area contributed by atoms with Gasteiger partial charge in [0.05, 0.1) is 4.90 Å². The van der Waals surface area contributed by atoms with Gasteiger partial charge in [-0.05, 0) is 49.8 Å². The quantitative estimate of drug-likeness (QED) is 0.884. The molecule has 1 amide bonds. The molecule has 3 aliphatic heterocycles. The van der Waals surface area contributed by atoms with E-state index in [9.17, 15) is 13.2 Å². The first-order chi connectivity index (χ1) is 11.9. The molecule has 1 N–H and O–H groups in total. The van der Waals surface area contributed by atoms with Gasteiger partial charge in [-0.1, -0.05) is 6.07 Å². The van der Waals surface area contributed by atoms with Crippen molar-refractivity contribution in [2.45, 2.75) is 62.0 Å². The van der Waals surface area contributed by atoms with Crippen molar-refractivity contribution in [2.24, 2.45) is 0 Å². The van der Waals surface area contributed by atoms with Crippen LogP contribution in [-0.2, 0) is 21.2 Å². The number of hydrogen-bond acceptors (Lipinski definition) is 4. The molecule has 2 saturated heterocycles. The lowest BCUT2D eigenvalue weighted by Crippen LogP contribution is -2.48. The summed E-state index contributed by atoms with van der Waals surface area (Å²) in [4.78, 5) is 13.7. The summed E-state index contributed by atoms with van der Waals surface area (Å²) in [6.45, 7) is 2.15. The highest BCUT2D eigenvalue weighted by Crippen LogP contribution is 2.34. The second-order valence-corrected chi connectivity index (χ2v) is 9.49. The van der Waals surface area contributed by atoms with Crippen molar-refractivity contribution in [3.8, 4) is 0 Å². The van der Waals surface area contributed by atoms with Crippen LogP contribution < -0.4 is 10.2 Å². The SMILES string of the molecule is CC(=O)N1CCc2ccc(S(=O)(=O)N(C)C3CC4CCC(C3)N4)cc21. The average Bonchev–Trinajstić information content (AvgIpc) is 3.16. The number of carbonyl (C=O) groups is 1. The molecule has 136 valence electrons. The zero-order valence-electron chi connectivity index (χ0n) is 14.7. The molecular weight excluding hydrogens is 338 g/mol. The molecule has 2 fully saturated rings. The van der Waals surface area contributed by atoms with Crippen LogP contribution in [0.25, 0.3) is 0 Å². The van der Waals surface area contributed by atoms with Crippen molar-refractivity contribution in [1.29, 1.82) is 0 Å². The lowest BCUT2D eigenvalue weighted by atomic mass is 10.0. The Morgan fingerprint density at radius 1 is 1.24 bits per heavy atom. The smallest absolute Gasteiger partial charge is 0.243 e. The van der Waals surface area contributed by atoms with Crippen molar-refractivity contribution in [1.82, 2.24) is 9.62 Å². The number of fused-ring (bicyclic) bond motifs is 3. The molecule has 4 rings (SSSR count). The van der Waals surface area contributed by atoms with Crippen LogP contribution in [0, 0.1) is 0 Å². The van der Waals surface area contributed by atoms with Gasteiger partial charge in [-0.2, -0.15) is 4.31 Å². The summed E-state index contributed by atoms with van der Waals surface area (Å²) in [6.07, 6.45) is 4.80. The van der Waals surface area contributed by atoms with E-state index in [1.165, 1.54) is 6.92 Å². The number of rotatable bonds is 3. The Hall–Kier alpha value is -1.44. The van der Waals surface area contributed by atoms with E-state index in [-0.39, 0.29) is 16.8 Å². The predicted molar refractivity (Wildman–Crippen MR) is 96.1 cm³/mol. The highest BCUT2D eigenvalue weighted by Gasteiger charge is 2.39. The molecule has 25 heavy (non-hydrogen) atoms. The maximum Gasteiger partial charge on any atom is 0.243 e. The minimum Gasteiger partial charge on any atom is -0.312 e. The molecular formula is C18H25N3O3S. The number of sulfonamides is 1. The first kappa shape index (κ1) is 17.0. The van der Waals surface area contributed by atoms with Gasteiger partial charge < -0.3 is 10.2 Å². The van der Waals surface area contributed by atoms with E-state index in [1.54, 1.807) is 28.4 Å². The molecule has 1 aromatic carbocycles. The molecule has 3 heterocycles. The number of nitrogens with zero attached hydrogens (tertiary/aromatic N) is 2. The lowest BCUT2D eigenvalue weighted by molar-refractivity contribution is -0.116. The Kier molecular flexibility index (Phi) is 4.13. The number of hydrogen-bond donors (Lipinski definition) is 1. The second kappa shape index (κ2) is 6.07. The van der Waals surface area contributed by atoms with Crippen LogP contribution in [-0.4, -0.2) is 50.3 Å². The standard InChI is InChI=1S/C18H25N3O3S/c1-12(22)21-8-7-13-3-6-17(11-18(13)21)25(23,24)20(2)16-9-14-4-5-15(10-16)19-14/h3,6,11,14-16,19H,4-5,7-10H2,1-2H3. The molecule has 0 aliphatic carbocycles. The Balaban J connectivity index is 1.62. The Morgan fingerprint density at radius 2 is 1.92 bits per heavy atom. The van der Waals surface area contributed by atoms with Gasteiger partial charge in [-0.3, -0.25) is 4.79 Å². The minimum absolute atomic E-state index is 0.0425. The molecule has 2 unspecified atom stereocenters. The zero-order chi connectivity index (χ0) is 17.8. The second-order valence-electron chi connectivity index (χ2n) is 7.50. The molecule has 1 aromatic rings. The van der Waals surface area contributed by atoms with Gasteiger partial charge in [-0.25, -0.2) is 8.42 Å². The van der Waals surface area contributed by atoms with Crippen molar-refractivity contribution in [3.05, 3.63) is 23.8 Å². The maximum atomic E-state index is 13.1. The van der Waals surface area contributed by atoms with E-state index in [4.69, 9.17) is 0 Å². The third kappa shape index (κ3) is 2.88. The van der Waals surface area contributed by atoms with Crippen LogP contribution in [0.2, 0.25) is 0 Å². The number of benzene rings is 1. The Bertz CT molecular complexity index is 796. The normalized spacial score (nSPS) is 28.4. The monoisotopic (exact) mass is 363 g/mol. The fourth-order valence-electron chi connectivity index (χ4n) is 4.53. The molecule has 0 radical (unpaired) electrons. The van der Waals surface area contributed by atoms with Crippen LogP contribution in [0.4, 0.5) is 5.69 Å². The fraction of sp³-hybridized carbons (Fsp3) is 0.611. The van der Waals surface area contributed by atoms with Gasteiger partial charge in [0.2, 0.25) is 15.9 Å². The summed E-state index contributed by atoms with van der Waals surface area (Å²) in [5, 5.41) is 3.55. The van der Waals surface area contributed by atoms with Crippen molar-refractivity contribution in [3.63, 3.8) is 0 Å². The summed E-state index contributed by atoms with van der Waals surface area (Å²) in [5.74, 6) is -0.0448. The first-order valence-corrected chi connectivity index (χ1v) is 10.5. The van der Waals surface area contributed by atoms with Gasteiger partial charge in [0.25, 0.3) is 0 Å². The van der Waals surface area contributed by atoms with Crippen LogP contribution in [0.3, 0.4) is 0 Å². The fourth-order valence-corrected chi connectivity index (χ4v) is 5.93. The predicted octanol–water partition coefficient (Wildman–Crippen LogP) is 1.50. The van der Waals surface area contributed by atoms with Gasteiger partial charge in [0, 0.05) is 44.3 Å². The summed E-state index contributed by atoms with van der Waals surface area (Å²) in [7, 11) is -1.87. The molecule has 2 bridgehead atoms. The van der Waals surface area contributed by atoms with Crippen LogP contribution in [0.5, 0.6) is 0 Å². The van der Waals surface area contributed by atoms with Gasteiger partial charge in [-0.15, -0.1) is 0 Å². The van der Waals surface area contributed by atoms with Gasteiger partial charge in [0.15, 0.2) is 0 Å². The van der Waals surface area contributed by atoms with E-state index in [2.05, 4.69) is 5.32 Å². The van der Waals surface area contributed by atoms with E-state index in [0.717, 1.165) is 43.4 Å². The van der Waals surface area contributed by atoms with Crippen LogP contribution in [0.1, 0.15) is 38.2 Å². The zero-order valence-corrected chi connectivity index (χ0v) is 15.6. The van der Waals surface area contributed by atoms with E-state index < -0.39 is 10.0 Å². The van der Waals surface area contributed by atoms with Crippen molar-refractivity contribution in [2.75, 3.05) is 18.5 Å². The molecule has 3 aliphatic rings. The lowest BCUT2D eigenvalue weighted by Gasteiger charge is -2.35. The third-order valence-electron chi connectivity index (χ3n) is 5.97. The molecule has 6 nitrogen and oxygen atoms in total. The average molecular weight is 363 g/mol. The van der Waals surface area contributed by atoms with Crippen LogP contribution >= 0.6 is 0 Å². The third-order valence-corrected chi connectivity index (χ3v) is 7.88. The molecule has 2 atom stereocenters. The maximum absolute atomic E-state index is 13.1.